The van der Waals surface area contributed by atoms with E-state index in [1.54, 1.807) is 12.1 Å². The molecule has 0 aromatic heterocycles. The maximum absolute atomic E-state index is 11.8. The molecule has 1 aromatic carbocycles. The Labute approximate surface area is 97.2 Å². The second-order valence-electron chi connectivity index (χ2n) is 3.93. The summed E-state index contributed by atoms with van der Waals surface area (Å²) < 4.78 is 0. The third kappa shape index (κ3) is 4.03. The molecule has 0 radical (unpaired) electrons. The van der Waals surface area contributed by atoms with E-state index in [-0.39, 0.29) is 5.91 Å². The van der Waals surface area contributed by atoms with E-state index in [4.69, 9.17) is 5.84 Å². The molecule has 2 N–H and O–H groups in total. The SMILES string of the molecule is CCCCCCN(N)C(=O)c1ccccc1. The minimum Gasteiger partial charge on any atom is -0.277 e. The Hall–Kier alpha value is -1.35. The highest BCUT2D eigenvalue weighted by atomic mass is 16.2. The number of unbranched alkanes of at least 4 members (excludes halogenated alkanes) is 3. The van der Waals surface area contributed by atoms with Crippen molar-refractivity contribution in [2.24, 2.45) is 5.84 Å². The standard InChI is InChI=1S/C13H20N2O/c1-2-3-4-8-11-15(14)13(16)12-9-6-5-7-10-12/h5-7,9-10H,2-4,8,11,14H2,1H3. The van der Waals surface area contributed by atoms with Gasteiger partial charge in [0.05, 0.1) is 0 Å². The molecule has 0 bridgehead atoms. The monoisotopic (exact) mass is 220 g/mol. The predicted octanol–water partition coefficient (Wildman–Crippen LogP) is 2.58. The van der Waals surface area contributed by atoms with Gasteiger partial charge in [0.2, 0.25) is 0 Å². The zero-order chi connectivity index (χ0) is 11.8. The number of hydrazine groups is 1. The van der Waals surface area contributed by atoms with Gasteiger partial charge >= 0.3 is 0 Å². The van der Waals surface area contributed by atoms with Crippen LogP contribution in [-0.4, -0.2) is 17.5 Å². The molecule has 0 unspecified atom stereocenters. The number of nitrogens with two attached hydrogens (primary N) is 1. The first kappa shape index (κ1) is 12.7. The molecule has 0 saturated carbocycles. The van der Waals surface area contributed by atoms with Crippen LogP contribution >= 0.6 is 0 Å². The first-order valence-electron chi connectivity index (χ1n) is 5.87. The Bertz CT molecular complexity index is 311. The quantitative estimate of drug-likeness (QED) is 0.346. The molecule has 88 valence electrons. The Morgan fingerprint density at radius 2 is 1.88 bits per heavy atom. The minimum absolute atomic E-state index is 0.0999. The van der Waals surface area contributed by atoms with Crippen molar-refractivity contribution in [3.63, 3.8) is 0 Å². The second kappa shape index (κ2) is 7.01. The molecule has 0 fully saturated rings. The van der Waals surface area contributed by atoms with Crippen LogP contribution in [0.4, 0.5) is 0 Å². The maximum Gasteiger partial charge on any atom is 0.267 e. The Morgan fingerprint density at radius 1 is 1.19 bits per heavy atom. The van der Waals surface area contributed by atoms with E-state index in [2.05, 4.69) is 6.92 Å². The lowest BCUT2D eigenvalue weighted by Gasteiger charge is -2.16. The van der Waals surface area contributed by atoms with Crippen LogP contribution in [0.25, 0.3) is 0 Å². The van der Waals surface area contributed by atoms with Gasteiger partial charge in [0.15, 0.2) is 0 Å². The molecule has 0 aliphatic heterocycles. The van der Waals surface area contributed by atoms with Crippen molar-refractivity contribution in [2.45, 2.75) is 32.6 Å². The normalized spacial score (nSPS) is 10.1. The van der Waals surface area contributed by atoms with Crippen LogP contribution in [-0.2, 0) is 0 Å². The fraction of sp³-hybridized carbons (Fsp3) is 0.462. The first-order chi connectivity index (χ1) is 7.75. The Morgan fingerprint density at radius 3 is 2.50 bits per heavy atom. The van der Waals surface area contributed by atoms with E-state index in [0.29, 0.717) is 12.1 Å². The van der Waals surface area contributed by atoms with Crippen molar-refractivity contribution in [3.8, 4) is 0 Å². The highest BCUT2D eigenvalue weighted by molar-refractivity contribution is 5.93. The number of nitrogens with zero attached hydrogens (tertiary/aromatic N) is 1. The zero-order valence-electron chi connectivity index (χ0n) is 9.86. The predicted molar refractivity (Wildman–Crippen MR) is 65.8 cm³/mol. The summed E-state index contributed by atoms with van der Waals surface area (Å²) in [7, 11) is 0. The summed E-state index contributed by atoms with van der Waals surface area (Å²) in [4.78, 5) is 11.8. The van der Waals surface area contributed by atoms with Gasteiger partial charge in [-0.05, 0) is 18.6 Å². The van der Waals surface area contributed by atoms with Crippen molar-refractivity contribution >= 4 is 5.91 Å². The van der Waals surface area contributed by atoms with Crippen LogP contribution in [0.2, 0.25) is 0 Å². The summed E-state index contributed by atoms with van der Waals surface area (Å²) >= 11 is 0. The van der Waals surface area contributed by atoms with Crippen LogP contribution in [0.15, 0.2) is 30.3 Å². The summed E-state index contributed by atoms with van der Waals surface area (Å²) in [5.74, 6) is 5.62. The fourth-order valence-electron chi connectivity index (χ4n) is 1.56. The van der Waals surface area contributed by atoms with Crippen molar-refractivity contribution in [1.82, 2.24) is 5.01 Å². The molecule has 3 heteroatoms. The van der Waals surface area contributed by atoms with Gasteiger partial charge in [-0.2, -0.15) is 0 Å². The van der Waals surface area contributed by atoms with Gasteiger partial charge in [-0.25, -0.2) is 5.84 Å². The number of carbonyl (C=O) groups is 1. The lowest BCUT2D eigenvalue weighted by molar-refractivity contribution is 0.0752. The van der Waals surface area contributed by atoms with Crippen LogP contribution < -0.4 is 5.84 Å². The Kier molecular flexibility index (Phi) is 5.57. The van der Waals surface area contributed by atoms with Crippen LogP contribution in [0.1, 0.15) is 43.0 Å². The summed E-state index contributed by atoms with van der Waals surface area (Å²) in [6.45, 7) is 2.79. The topological polar surface area (TPSA) is 46.3 Å². The number of carbonyl (C=O) groups excluding carboxylic acids is 1. The van der Waals surface area contributed by atoms with Gasteiger partial charge in [0, 0.05) is 12.1 Å². The van der Waals surface area contributed by atoms with Gasteiger partial charge < -0.3 is 0 Å². The van der Waals surface area contributed by atoms with E-state index in [1.165, 1.54) is 17.9 Å². The lowest BCUT2D eigenvalue weighted by atomic mass is 10.2. The van der Waals surface area contributed by atoms with E-state index in [9.17, 15) is 4.79 Å². The van der Waals surface area contributed by atoms with Crippen LogP contribution in [0.3, 0.4) is 0 Å². The molecule has 0 saturated heterocycles. The van der Waals surface area contributed by atoms with Crippen molar-refractivity contribution < 1.29 is 4.79 Å². The van der Waals surface area contributed by atoms with E-state index >= 15 is 0 Å². The van der Waals surface area contributed by atoms with Gasteiger partial charge in [-0.15, -0.1) is 0 Å². The van der Waals surface area contributed by atoms with Crippen molar-refractivity contribution in [2.75, 3.05) is 6.54 Å². The highest BCUT2D eigenvalue weighted by Crippen LogP contribution is 2.04. The molecule has 1 aromatic rings. The number of benzene rings is 1. The summed E-state index contributed by atoms with van der Waals surface area (Å²) in [5, 5.41) is 1.31. The molecule has 0 aliphatic rings. The van der Waals surface area contributed by atoms with Crippen LogP contribution in [0, 0.1) is 0 Å². The van der Waals surface area contributed by atoms with Gasteiger partial charge in [0.25, 0.3) is 5.91 Å². The highest BCUT2D eigenvalue weighted by Gasteiger charge is 2.10. The maximum atomic E-state index is 11.8. The zero-order valence-corrected chi connectivity index (χ0v) is 9.86. The van der Waals surface area contributed by atoms with Gasteiger partial charge in [-0.1, -0.05) is 44.4 Å². The minimum atomic E-state index is -0.0999. The van der Waals surface area contributed by atoms with Crippen molar-refractivity contribution in [1.29, 1.82) is 0 Å². The van der Waals surface area contributed by atoms with Gasteiger partial charge in [-0.3, -0.25) is 9.80 Å². The molecule has 0 aliphatic carbocycles. The summed E-state index contributed by atoms with van der Waals surface area (Å²) in [6, 6.07) is 9.15. The number of amides is 1. The average molecular weight is 220 g/mol. The van der Waals surface area contributed by atoms with E-state index < -0.39 is 0 Å². The fourth-order valence-corrected chi connectivity index (χ4v) is 1.56. The number of hydrogen-bond acceptors (Lipinski definition) is 2. The molecule has 3 nitrogen and oxygen atoms in total. The third-order valence-corrected chi connectivity index (χ3v) is 2.53. The average Bonchev–Trinajstić information content (AvgIpc) is 2.34. The smallest absolute Gasteiger partial charge is 0.267 e. The number of rotatable bonds is 6. The number of hydrogen-bond donors (Lipinski definition) is 1. The first-order valence-corrected chi connectivity index (χ1v) is 5.87. The van der Waals surface area contributed by atoms with Gasteiger partial charge in [0.1, 0.15) is 0 Å². The van der Waals surface area contributed by atoms with E-state index in [0.717, 1.165) is 12.8 Å². The third-order valence-electron chi connectivity index (χ3n) is 2.53. The van der Waals surface area contributed by atoms with E-state index in [1.807, 2.05) is 18.2 Å². The molecule has 1 rings (SSSR count). The summed E-state index contributed by atoms with van der Waals surface area (Å²) in [5.41, 5.74) is 0.653. The Balaban J connectivity index is 2.37. The second-order valence-corrected chi connectivity index (χ2v) is 3.93. The lowest BCUT2D eigenvalue weighted by Crippen LogP contribution is -2.38. The molecular weight excluding hydrogens is 200 g/mol. The molecular formula is C13H20N2O. The van der Waals surface area contributed by atoms with Crippen LogP contribution in [0.5, 0.6) is 0 Å². The summed E-state index contributed by atoms with van der Waals surface area (Å²) in [6.07, 6.45) is 4.50. The molecule has 1 amide bonds. The molecule has 0 spiro atoms. The molecule has 16 heavy (non-hydrogen) atoms. The van der Waals surface area contributed by atoms with Crippen molar-refractivity contribution in [3.05, 3.63) is 35.9 Å². The largest absolute Gasteiger partial charge is 0.277 e. The molecule has 0 atom stereocenters. The molecule has 0 heterocycles.